The fraction of sp³-hybridized carbons (Fsp3) is 0.423. The Labute approximate surface area is 196 Å². The number of pyridine rings is 1. The second-order valence-corrected chi connectivity index (χ2v) is 9.12. The molecule has 0 radical (unpaired) electrons. The van der Waals surface area contributed by atoms with Gasteiger partial charge >= 0.3 is 0 Å². The van der Waals surface area contributed by atoms with Gasteiger partial charge in [0.25, 0.3) is 5.56 Å². The zero-order chi connectivity index (χ0) is 22.4. The molecular weight excluding hydrogens is 424 g/mol. The van der Waals surface area contributed by atoms with E-state index < -0.39 is 0 Å². The Morgan fingerprint density at radius 3 is 2.34 bits per heavy atom. The molecule has 2 aromatic carbocycles. The lowest BCUT2D eigenvalue weighted by molar-refractivity contribution is 0.294. The Morgan fingerprint density at radius 1 is 1.00 bits per heavy atom. The fourth-order valence-electron chi connectivity index (χ4n) is 3.60. The van der Waals surface area contributed by atoms with Gasteiger partial charge in [0.1, 0.15) is 18.1 Å². The van der Waals surface area contributed by atoms with Crippen molar-refractivity contribution in [2.75, 3.05) is 6.61 Å². The van der Waals surface area contributed by atoms with E-state index in [0.717, 1.165) is 29.5 Å². The number of fused-ring (bicyclic) bond motifs is 1. The van der Waals surface area contributed by atoms with Gasteiger partial charge < -0.3 is 19.8 Å². The lowest BCUT2D eigenvalue weighted by Gasteiger charge is -2.25. The van der Waals surface area contributed by atoms with Crippen molar-refractivity contribution >= 4 is 23.2 Å². The lowest BCUT2D eigenvalue weighted by atomic mass is 9.96. The standard InChI is InChI=1S/C26H34N2O3.ClH/c1-5-6-14-30-24-21-13-12-20(31-17-19-10-8-7-9-11-19)15-22(21)25(29)28(23(24)16-27)18-26(2,3)4;/h7-13,15H,5-6,14,16-18,27H2,1-4H3;1H. The van der Waals surface area contributed by atoms with Crippen LogP contribution >= 0.6 is 12.4 Å². The highest BCUT2D eigenvalue weighted by Gasteiger charge is 2.21. The summed E-state index contributed by atoms with van der Waals surface area (Å²) >= 11 is 0. The van der Waals surface area contributed by atoms with Crippen molar-refractivity contribution in [3.05, 3.63) is 70.1 Å². The Kier molecular flexibility index (Phi) is 9.17. The molecule has 0 saturated heterocycles. The minimum atomic E-state index is -0.0798. The number of aromatic nitrogens is 1. The molecule has 0 aliphatic heterocycles. The molecule has 0 saturated carbocycles. The van der Waals surface area contributed by atoms with Gasteiger partial charge in [-0.1, -0.05) is 64.4 Å². The van der Waals surface area contributed by atoms with Gasteiger partial charge in [-0.15, -0.1) is 12.4 Å². The van der Waals surface area contributed by atoms with Crippen LogP contribution < -0.4 is 20.8 Å². The van der Waals surface area contributed by atoms with Crippen LogP contribution in [0.2, 0.25) is 0 Å². The van der Waals surface area contributed by atoms with Gasteiger partial charge in [0.05, 0.1) is 17.7 Å². The van der Waals surface area contributed by atoms with Crippen LogP contribution in [-0.4, -0.2) is 11.2 Å². The zero-order valence-corrected chi connectivity index (χ0v) is 20.3. The molecule has 3 rings (SSSR count). The van der Waals surface area contributed by atoms with Gasteiger partial charge in [-0.3, -0.25) is 4.79 Å². The summed E-state index contributed by atoms with van der Waals surface area (Å²) < 4.78 is 13.9. The van der Waals surface area contributed by atoms with Crippen LogP contribution in [0.25, 0.3) is 10.8 Å². The highest BCUT2D eigenvalue weighted by Crippen LogP contribution is 2.32. The molecule has 6 heteroatoms. The zero-order valence-electron chi connectivity index (χ0n) is 19.5. The van der Waals surface area contributed by atoms with Crippen LogP contribution in [0.1, 0.15) is 51.8 Å². The van der Waals surface area contributed by atoms with E-state index in [0.29, 0.717) is 36.6 Å². The summed E-state index contributed by atoms with van der Waals surface area (Å²) in [4.78, 5) is 13.5. The average Bonchev–Trinajstić information content (AvgIpc) is 2.75. The van der Waals surface area contributed by atoms with Crippen LogP contribution in [0.4, 0.5) is 0 Å². The van der Waals surface area contributed by atoms with Gasteiger partial charge in [0, 0.05) is 18.5 Å². The maximum atomic E-state index is 13.5. The number of unbranched alkanes of at least 4 members (excludes halogenated alkanes) is 1. The van der Waals surface area contributed by atoms with Crippen LogP contribution in [0.3, 0.4) is 0 Å². The van der Waals surface area contributed by atoms with E-state index in [1.807, 2.05) is 48.5 Å². The number of benzene rings is 2. The molecule has 174 valence electrons. The van der Waals surface area contributed by atoms with E-state index in [4.69, 9.17) is 15.2 Å². The first kappa shape index (κ1) is 25.8. The summed E-state index contributed by atoms with van der Waals surface area (Å²) in [6.45, 7) is 10.3. The summed E-state index contributed by atoms with van der Waals surface area (Å²) in [6.07, 6.45) is 1.98. The first-order chi connectivity index (χ1) is 14.8. The fourth-order valence-corrected chi connectivity index (χ4v) is 3.60. The Balaban J connectivity index is 0.00000363. The molecule has 0 atom stereocenters. The maximum Gasteiger partial charge on any atom is 0.259 e. The molecule has 2 N–H and O–H groups in total. The maximum absolute atomic E-state index is 13.5. The molecule has 1 heterocycles. The van der Waals surface area contributed by atoms with Gasteiger partial charge in [-0.05, 0) is 35.6 Å². The average molecular weight is 459 g/mol. The van der Waals surface area contributed by atoms with Crippen LogP contribution in [-0.2, 0) is 19.7 Å². The predicted octanol–water partition coefficient (Wildman–Crippen LogP) is 5.69. The largest absolute Gasteiger partial charge is 0.491 e. The minimum absolute atomic E-state index is 0. The van der Waals surface area contributed by atoms with Gasteiger partial charge in [-0.2, -0.15) is 0 Å². The highest BCUT2D eigenvalue weighted by atomic mass is 35.5. The molecule has 0 spiro atoms. The SMILES string of the molecule is CCCCOc1c(CN)n(CC(C)(C)C)c(=O)c2cc(OCc3ccccc3)ccc12.Cl. The van der Waals surface area contributed by atoms with E-state index >= 15 is 0 Å². The van der Waals surface area contributed by atoms with Gasteiger partial charge in [-0.25, -0.2) is 0 Å². The molecule has 1 aromatic heterocycles. The van der Waals surface area contributed by atoms with E-state index in [1.165, 1.54) is 0 Å². The third kappa shape index (κ3) is 6.27. The summed E-state index contributed by atoms with van der Waals surface area (Å²) in [5.74, 6) is 1.38. The third-order valence-corrected chi connectivity index (χ3v) is 5.12. The Bertz CT molecular complexity index is 1070. The van der Waals surface area contributed by atoms with Gasteiger partial charge in [0.15, 0.2) is 0 Å². The smallest absolute Gasteiger partial charge is 0.259 e. The number of ether oxygens (including phenoxy) is 2. The molecule has 0 fully saturated rings. The summed E-state index contributed by atoms with van der Waals surface area (Å²) in [5.41, 5.74) is 7.81. The molecule has 3 aromatic rings. The number of halogens is 1. The molecule has 5 nitrogen and oxygen atoms in total. The Morgan fingerprint density at radius 2 is 1.72 bits per heavy atom. The second kappa shape index (κ2) is 11.4. The summed E-state index contributed by atoms with van der Waals surface area (Å²) in [6, 6.07) is 15.6. The van der Waals surface area contributed by atoms with E-state index in [-0.39, 0.29) is 29.9 Å². The van der Waals surface area contributed by atoms with Crippen molar-refractivity contribution in [3.8, 4) is 11.5 Å². The monoisotopic (exact) mass is 458 g/mol. The van der Waals surface area contributed by atoms with Gasteiger partial charge in [0.2, 0.25) is 0 Å². The molecule has 0 bridgehead atoms. The summed E-state index contributed by atoms with van der Waals surface area (Å²) in [7, 11) is 0. The predicted molar refractivity (Wildman–Crippen MR) is 134 cm³/mol. The van der Waals surface area contributed by atoms with Crippen LogP contribution in [0.15, 0.2) is 53.3 Å². The normalized spacial score (nSPS) is 11.3. The van der Waals surface area contributed by atoms with Crippen LogP contribution in [0, 0.1) is 5.41 Å². The van der Waals surface area contributed by atoms with Crippen molar-refractivity contribution in [1.29, 1.82) is 0 Å². The first-order valence-electron chi connectivity index (χ1n) is 11.0. The van der Waals surface area contributed by atoms with Crippen molar-refractivity contribution in [2.24, 2.45) is 11.1 Å². The molecule has 0 unspecified atom stereocenters. The topological polar surface area (TPSA) is 66.5 Å². The number of hydrogen-bond donors (Lipinski definition) is 1. The molecule has 0 amide bonds. The quantitative estimate of drug-likeness (QED) is 0.418. The van der Waals surface area contributed by atoms with Crippen molar-refractivity contribution in [2.45, 2.75) is 60.2 Å². The Hall–Kier alpha value is -2.50. The third-order valence-electron chi connectivity index (χ3n) is 5.12. The molecule has 0 aliphatic carbocycles. The number of nitrogens with two attached hydrogens (primary N) is 1. The van der Waals surface area contributed by atoms with Crippen LogP contribution in [0.5, 0.6) is 11.5 Å². The number of hydrogen-bond acceptors (Lipinski definition) is 4. The van der Waals surface area contributed by atoms with E-state index in [2.05, 4.69) is 27.7 Å². The molecule has 0 aliphatic rings. The van der Waals surface area contributed by atoms with Crippen molar-refractivity contribution in [3.63, 3.8) is 0 Å². The summed E-state index contributed by atoms with van der Waals surface area (Å²) in [5, 5.41) is 1.39. The number of nitrogens with zero attached hydrogens (tertiary/aromatic N) is 1. The van der Waals surface area contributed by atoms with Crippen molar-refractivity contribution < 1.29 is 9.47 Å². The van der Waals surface area contributed by atoms with E-state index in [9.17, 15) is 4.79 Å². The first-order valence-corrected chi connectivity index (χ1v) is 11.0. The highest BCUT2D eigenvalue weighted by molar-refractivity contribution is 5.89. The number of rotatable bonds is 9. The van der Waals surface area contributed by atoms with Crippen molar-refractivity contribution in [1.82, 2.24) is 4.57 Å². The molecule has 32 heavy (non-hydrogen) atoms. The minimum Gasteiger partial charge on any atom is -0.491 e. The second-order valence-electron chi connectivity index (χ2n) is 9.12. The molecular formula is C26H35ClN2O3. The lowest BCUT2D eigenvalue weighted by Crippen LogP contribution is -2.31. The van der Waals surface area contributed by atoms with E-state index in [1.54, 1.807) is 4.57 Å².